The highest BCUT2D eigenvalue weighted by atomic mass is 16.5. The van der Waals surface area contributed by atoms with Crippen molar-refractivity contribution in [1.29, 1.82) is 0 Å². The second-order valence-electron chi connectivity index (χ2n) is 11.0. The first kappa shape index (κ1) is 26.9. The summed E-state index contributed by atoms with van der Waals surface area (Å²) >= 11 is 0. The Labute approximate surface area is 231 Å². The number of rotatable bonds is 13. The first-order chi connectivity index (χ1) is 18.9. The van der Waals surface area contributed by atoms with Gasteiger partial charge in [0.1, 0.15) is 24.7 Å². The van der Waals surface area contributed by atoms with Gasteiger partial charge in [0.15, 0.2) is 0 Å². The van der Waals surface area contributed by atoms with Crippen molar-refractivity contribution < 1.29 is 19.4 Å². The lowest BCUT2D eigenvalue weighted by atomic mass is 9.92. The molecule has 0 saturated heterocycles. The highest BCUT2D eigenvalue weighted by Crippen LogP contribution is 2.30. The van der Waals surface area contributed by atoms with Gasteiger partial charge in [0.2, 0.25) is 0 Å². The van der Waals surface area contributed by atoms with E-state index in [2.05, 4.69) is 60.9 Å². The number of carboxylic acid groups (broad SMARTS) is 1. The molecule has 6 nitrogen and oxygen atoms in total. The van der Waals surface area contributed by atoms with Crippen LogP contribution in [0.2, 0.25) is 0 Å². The standard InChI is InChI=1S/C33H40N2O4/c1-22-25(7-3-13-31(22)34-27-9-5-10-27)20-38-29-17-24(15-16-33(36)37)18-30(19-29)39-21-26-8-4-14-32(23(26)2)35-28-11-6-12-28/h3-4,7-8,13-14,17-19,27-28,34-35H,5-6,9-12,15-16,20-21H2,1-2H3,(H,36,37). The van der Waals surface area contributed by atoms with Crippen LogP contribution in [0.25, 0.3) is 0 Å². The SMILES string of the molecule is Cc1c(COc2cc(CCC(=O)O)cc(OCc3cccc(NC4CCC4)c3C)c2)cccc1NC1CCC1. The van der Waals surface area contributed by atoms with E-state index in [0.29, 0.717) is 43.2 Å². The Morgan fingerprint density at radius 2 is 1.28 bits per heavy atom. The number of hydrogen-bond acceptors (Lipinski definition) is 5. The van der Waals surface area contributed by atoms with E-state index in [-0.39, 0.29) is 6.42 Å². The zero-order valence-electron chi connectivity index (χ0n) is 23.1. The molecule has 0 amide bonds. The number of hydrogen-bond donors (Lipinski definition) is 3. The molecule has 39 heavy (non-hydrogen) atoms. The molecule has 0 spiro atoms. The molecule has 2 fully saturated rings. The van der Waals surface area contributed by atoms with Crippen LogP contribution in [0.15, 0.2) is 54.6 Å². The number of aryl methyl sites for hydroxylation is 1. The Balaban J connectivity index is 1.28. The Bertz CT molecular complexity index is 1210. The third-order valence-electron chi connectivity index (χ3n) is 8.18. The monoisotopic (exact) mass is 528 g/mol. The lowest BCUT2D eigenvalue weighted by molar-refractivity contribution is -0.136. The normalized spacial score (nSPS) is 15.2. The zero-order chi connectivity index (χ0) is 27.2. The van der Waals surface area contributed by atoms with Gasteiger partial charge in [-0.2, -0.15) is 0 Å². The largest absolute Gasteiger partial charge is 0.489 e. The molecular formula is C33H40N2O4. The third kappa shape index (κ3) is 7.05. The van der Waals surface area contributed by atoms with Crippen molar-refractivity contribution >= 4 is 17.3 Å². The second-order valence-corrected chi connectivity index (χ2v) is 11.0. The molecule has 0 heterocycles. The molecule has 2 aliphatic rings. The highest BCUT2D eigenvalue weighted by molar-refractivity contribution is 5.67. The van der Waals surface area contributed by atoms with Crippen molar-refractivity contribution in [2.75, 3.05) is 10.6 Å². The first-order valence-electron chi connectivity index (χ1n) is 14.3. The van der Waals surface area contributed by atoms with Gasteiger partial charge < -0.3 is 25.2 Å². The number of nitrogens with one attached hydrogen (secondary N) is 2. The molecule has 0 radical (unpaired) electrons. The van der Waals surface area contributed by atoms with Crippen LogP contribution in [-0.4, -0.2) is 23.2 Å². The van der Waals surface area contributed by atoms with Crippen molar-refractivity contribution in [3.05, 3.63) is 82.4 Å². The fourth-order valence-electron chi connectivity index (χ4n) is 5.05. The van der Waals surface area contributed by atoms with Gasteiger partial charge in [0.05, 0.1) is 0 Å². The van der Waals surface area contributed by atoms with Gasteiger partial charge >= 0.3 is 5.97 Å². The van der Waals surface area contributed by atoms with E-state index in [4.69, 9.17) is 9.47 Å². The third-order valence-corrected chi connectivity index (χ3v) is 8.18. The quantitative estimate of drug-likeness (QED) is 0.214. The van der Waals surface area contributed by atoms with Gasteiger partial charge in [-0.05, 0) is 111 Å². The average Bonchev–Trinajstić information content (AvgIpc) is 2.87. The van der Waals surface area contributed by atoms with Gasteiger partial charge in [-0.15, -0.1) is 0 Å². The van der Waals surface area contributed by atoms with Gasteiger partial charge in [-0.3, -0.25) is 4.79 Å². The summed E-state index contributed by atoms with van der Waals surface area (Å²) in [5, 5.41) is 16.5. The highest BCUT2D eigenvalue weighted by Gasteiger charge is 2.19. The van der Waals surface area contributed by atoms with Crippen LogP contribution >= 0.6 is 0 Å². The van der Waals surface area contributed by atoms with Gasteiger partial charge in [0.25, 0.3) is 0 Å². The van der Waals surface area contributed by atoms with Crippen LogP contribution in [-0.2, 0) is 24.4 Å². The van der Waals surface area contributed by atoms with E-state index in [0.717, 1.165) is 16.7 Å². The number of aliphatic carboxylic acids is 1. The van der Waals surface area contributed by atoms with E-state index < -0.39 is 5.97 Å². The second kappa shape index (κ2) is 12.5. The van der Waals surface area contributed by atoms with Gasteiger partial charge in [-0.1, -0.05) is 24.3 Å². The Hall–Kier alpha value is -3.67. The van der Waals surface area contributed by atoms with Crippen LogP contribution in [0.5, 0.6) is 11.5 Å². The van der Waals surface area contributed by atoms with Crippen LogP contribution in [0.4, 0.5) is 11.4 Å². The Morgan fingerprint density at radius 1 is 0.795 bits per heavy atom. The van der Waals surface area contributed by atoms with E-state index in [1.807, 2.05) is 18.2 Å². The molecule has 0 atom stereocenters. The molecular weight excluding hydrogens is 488 g/mol. The minimum absolute atomic E-state index is 0.0604. The summed E-state index contributed by atoms with van der Waals surface area (Å²) in [4.78, 5) is 11.2. The van der Waals surface area contributed by atoms with Crippen LogP contribution < -0.4 is 20.1 Å². The maximum Gasteiger partial charge on any atom is 0.303 e. The van der Waals surface area contributed by atoms with Crippen molar-refractivity contribution in [1.82, 2.24) is 0 Å². The van der Waals surface area contributed by atoms with Crippen LogP contribution in [0.3, 0.4) is 0 Å². The van der Waals surface area contributed by atoms with Crippen LogP contribution in [0, 0.1) is 13.8 Å². The molecule has 0 bridgehead atoms. The van der Waals surface area contributed by atoms with E-state index in [9.17, 15) is 9.90 Å². The number of carboxylic acids is 1. The molecule has 5 rings (SSSR count). The number of ether oxygens (including phenoxy) is 2. The lowest BCUT2D eigenvalue weighted by Gasteiger charge is -2.28. The van der Waals surface area contributed by atoms with E-state index in [1.165, 1.54) is 61.0 Å². The molecule has 6 heteroatoms. The lowest BCUT2D eigenvalue weighted by Crippen LogP contribution is -2.27. The number of benzene rings is 3. The summed E-state index contributed by atoms with van der Waals surface area (Å²) in [5.41, 5.74) is 7.89. The molecule has 3 aromatic rings. The summed E-state index contributed by atoms with van der Waals surface area (Å²) in [6, 6.07) is 19.5. The fraction of sp³-hybridized carbons (Fsp3) is 0.424. The molecule has 206 valence electrons. The average molecular weight is 529 g/mol. The molecule has 2 saturated carbocycles. The maximum atomic E-state index is 11.2. The number of anilines is 2. The zero-order valence-corrected chi connectivity index (χ0v) is 23.1. The van der Waals surface area contributed by atoms with E-state index in [1.54, 1.807) is 0 Å². The van der Waals surface area contributed by atoms with Gasteiger partial charge in [0, 0.05) is 35.9 Å². The summed E-state index contributed by atoms with van der Waals surface area (Å²) in [5.74, 6) is 0.546. The van der Waals surface area contributed by atoms with E-state index >= 15 is 0 Å². The Kier molecular flexibility index (Phi) is 8.60. The summed E-state index contributed by atoms with van der Waals surface area (Å²) in [6.07, 6.45) is 7.99. The number of carbonyl (C=O) groups is 1. The van der Waals surface area contributed by atoms with Crippen molar-refractivity contribution in [3.8, 4) is 11.5 Å². The summed E-state index contributed by atoms with van der Waals surface area (Å²) < 4.78 is 12.5. The fourth-order valence-corrected chi connectivity index (χ4v) is 5.05. The molecule has 3 aromatic carbocycles. The molecule has 0 aromatic heterocycles. The Morgan fingerprint density at radius 3 is 1.69 bits per heavy atom. The molecule has 0 aliphatic heterocycles. The maximum absolute atomic E-state index is 11.2. The van der Waals surface area contributed by atoms with Crippen molar-refractivity contribution in [3.63, 3.8) is 0 Å². The summed E-state index contributed by atoms with van der Waals surface area (Å²) in [7, 11) is 0. The minimum Gasteiger partial charge on any atom is -0.489 e. The van der Waals surface area contributed by atoms with Crippen molar-refractivity contribution in [2.24, 2.45) is 0 Å². The molecule has 3 N–H and O–H groups in total. The topological polar surface area (TPSA) is 79.8 Å². The molecule has 0 unspecified atom stereocenters. The smallest absolute Gasteiger partial charge is 0.303 e. The summed E-state index contributed by atoms with van der Waals surface area (Å²) in [6.45, 7) is 5.13. The molecule has 2 aliphatic carbocycles. The first-order valence-corrected chi connectivity index (χ1v) is 14.3. The predicted octanol–water partition coefficient (Wildman–Crippen LogP) is 7.41. The minimum atomic E-state index is -0.818. The predicted molar refractivity (Wildman–Crippen MR) is 156 cm³/mol. The van der Waals surface area contributed by atoms with Gasteiger partial charge in [-0.25, -0.2) is 0 Å². The van der Waals surface area contributed by atoms with Crippen LogP contribution in [0.1, 0.15) is 72.8 Å². The van der Waals surface area contributed by atoms with Crippen molar-refractivity contribution in [2.45, 2.75) is 90.5 Å².